The van der Waals surface area contributed by atoms with Crippen molar-refractivity contribution in [2.75, 3.05) is 0 Å². The molecule has 1 heterocycles. The van der Waals surface area contributed by atoms with Crippen molar-refractivity contribution in [1.82, 2.24) is 4.57 Å². The van der Waals surface area contributed by atoms with Gasteiger partial charge in [0.15, 0.2) is 0 Å². The van der Waals surface area contributed by atoms with E-state index < -0.39 is 11.7 Å². The van der Waals surface area contributed by atoms with Gasteiger partial charge < -0.3 is 4.74 Å². The molecule has 20 heavy (non-hydrogen) atoms. The van der Waals surface area contributed by atoms with E-state index in [-0.39, 0.29) is 0 Å². The molecule has 0 unspecified atom stereocenters. The second kappa shape index (κ2) is 5.74. The van der Waals surface area contributed by atoms with E-state index in [1.54, 1.807) is 6.20 Å². The molecule has 0 aliphatic heterocycles. The van der Waals surface area contributed by atoms with Crippen molar-refractivity contribution < 1.29 is 9.53 Å². The Morgan fingerprint density at radius 1 is 1.15 bits per heavy atom. The molecule has 3 nitrogen and oxygen atoms in total. The molecular formula is C15H15Br2NO2. The summed E-state index contributed by atoms with van der Waals surface area (Å²) in [7, 11) is 0. The fourth-order valence-corrected chi connectivity index (χ4v) is 2.58. The molecule has 0 spiro atoms. The molecule has 2 rings (SSSR count). The lowest BCUT2D eigenvalue weighted by Crippen LogP contribution is -2.27. The summed E-state index contributed by atoms with van der Waals surface area (Å²) >= 11 is 6.85. The van der Waals surface area contributed by atoms with Crippen molar-refractivity contribution in [2.24, 2.45) is 0 Å². The third-order valence-electron chi connectivity index (χ3n) is 2.50. The Kier molecular flexibility index (Phi) is 4.39. The van der Waals surface area contributed by atoms with Crippen molar-refractivity contribution in [2.45, 2.75) is 26.4 Å². The van der Waals surface area contributed by atoms with E-state index in [1.165, 1.54) is 4.57 Å². The van der Waals surface area contributed by atoms with E-state index in [0.717, 1.165) is 20.2 Å². The number of halogens is 2. The van der Waals surface area contributed by atoms with E-state index in [2.05, 4.69) is 31.9 Å². The molecule has 0 N–H and O–H groups in total. The van der Waals surface area contributed by atoms with Crippen LogP contribution in [0.2, 0.25) is 0 Å². The molecule has 0 saturated heterocycles. The van der Waals surface area contributed by atoms with Gasteiger partial charge in [0.25, 0.3) is 0 Å². The summed E-state index contributed by atoms with van der Waals surface area (Å²) in [6, 6.07) is 9.68. The molecule has 0 aliphatic carbocycles. The molecule has 106 valence electrons. The number of rotatable bonds is 1. The number of carbonyl (C=O) groups is 1. The van der Waals surface area contributed by atoms with Gasteiger partial charge in [-0.15, -0.1) is 0 Å². The van der Waals surface area contributed by atoms with Crippen LogP contribution in [0.3, 0.4) is 0 Å². The molecule has 0 aliphatic rings. The summed E-state index contributed by atoms with van der Waals surface area (Å²) in [6.45, 7) is 5.55. The molecule has 0 saturated carbocycles. The molecule has 0 bridgehead atoms. The van der Waals surface area contributed by atoms with Gasteiger partial charge in [-0.1, -0.05) is 28.1 Å². The lowest BCUT2D eigenvalue weighted by molar-refractivity contribution is 0.0540. The average Bonchev–Trinajstić information content (AvgIpc) is 2.69. The van der Waals surface area contributed by atoms with Crippen LogP contribution in [-0.4, -0.2) is 16.3 Å². The lowest BCUT2D eigenvalue weighted by atomic mass is 10.1. The summed E-state index contributed by atoms with van der Waals surface area (Å²) in [5.74, 6) is 0. The van der Waals surface area contributed by atoms with E-state index in [0.29, 0.717) is 0 Å². The van der Waals surface area contributed by atoms with Crippen LogP contribution >= 0.6 is 31.9 Å². The number of ether oxygens (including phenoxy) is 1. The van der Waals surface area contributed by atoms with Gasteiger partial charge >= 0.3 is 6.09 Å². The van der Waals surface area contributed by atoms with Gasteiger partial charge in [-0.3, -0.25) is 4.57 Å². The zero-order chi connectivity index (χ0) is 14.9. The van der Waals surface area contributed by atoms with Crippen molar-refractivity contribution in [1.29, 1.82) is 0 Å². The van der Waals surface area contributed by atoms with E-state index in [9.17, 15) is 4.79 Å². The smallest absolute Gasteiger partial charge is 0.419 e. The third kappa shape index (κ3) is 3.73. The molecular weight excluding hydrogens is 386 g/mol. The minimum atomic E-state index is -0.525. The van der Waals surface area contributed by atoms with E-state index >= 15 is 0 Å². The lowest BCUT2D eigenvalue weighted by Gasteiger charge is -2.20. The number of carbonyl (C=O) groups excluding carboxylic acids is 1. The van der Waals surface area contributed by atoms with Crippen LogP contribution < -0.4 is 0 Å². The van der Waals surface area contributed by atoms with Crippen LogP contribution in [-0.2, 0) is 4.74 Å². The molecule has 0 amide bonds. The largest absolute Gasteiger partial charge is 0.443 e. The fourth-order valence-electron chi connectivity index (χ4n) is 1.76. The number of hydrogen-bond donors (Lipinski definition) is 0. The quantitative estimate of drug-likeness (QED) is 0.636. The highest BCUT2D eigenvalue weighted by molar-refractivity contribution is 9.10. The summed E-state index contributed by atoms with van der Waals surface area (Å²) in [5.41, 5.74) is 1.20. The summed E-state index contributed by atoms with van der Waals surface area (Å²) in [5, 5.41) is 0. The van der Waals surface area contributed by atoms with Crippen LogP contribution in [0.1, 0.15) is 20.8 Å². The van der Waals surface area contributed by atoms with Crippen molar-refractivity contribution in [3.05, 3.63) is 45.5 Å². The highest BCUT2D eigenvalue weighted by atomic mass is 79.9. The summed E-state index contributed by atoms with van der Waals surface area (Å²) in [4.78, 5) is 12.3. The zero-order valence-corrected chi connectivity index (χ0v) is 14.7. The van der Waals surface area contributed by atoms with Crippen molar-refractivity contribution in [3.8, 4) is 11.3 Å². The van der Waals surface area contributed by atoms with Crippen LogP contribution in [0, 0.1) is 0 Å². The van der Waals surface area contributed by atoms with E-state index in [4.69, 9.17) is 4.74 Å². The van der Waals surface area contributed by atoms with Crippen LogP contribution in [0.4, 0.5) is 4.79 Å². The van der Waals surface area contributed by atoms with Gasteiger partial charge in [0.1, 0.15) is 5.60 Å². The highest BCUT2D eigenvalue weighted by Gasteiger charge is 2.20. The minimum Gasteiger partial charge on any atom is -0.443 e. The third-order valence-corrected chi connectivity index (χ3v) is 3.42. The maximum atomic E-state index is 12.3. The van der Waals surface area contributed by atoms with Crippen molar-refractivity contribution in [3.63, 3.8) is 0 Å². The Morgan fingerprint density at radius 3 is 2.45 bits per heavy atom. The second-order valence-corrected chi connectivity index (χ2v) is 7.24. The normalized spacial score (nSPS) is 11.4. The Morgan fingerprint density at radius 2 is 1.85 bits per heavy atom. The predicted octanol–water partition coefficient (Wildman–Crippen LogP) is 5.46. The van der Waals surface area contributed by atoms with Crippen LogP contribution in [0.15, 0.2) is 45.5 Å². The molecule has 2 aromatic rings. The minimum absolute atomic E-state index is 0.391. The first-order valence-electron chi connectivity index (χ1n) is 6.13. The van der Waals surface area contributed by atoms with Gasteiger partial charge in [-0.2, -0.15) is 0 Å². The standard InChI is InChI=1S/C15H15Br2NO2/c1-15(2,3)20-14(19)18-9-12(17)8-13(18)10-5-4-6-11(16)7-10/h4-9H,1-3H3. The molecule has 0 radical (unpaired) electrons. The van der Waals surface area contributed by atoms with E-state index in [1.807, 2.05) is 51.1 Å². The molecule has 1 aromatic carbocycles. The zero-order valence-electron chi connectivity index (χ0n) is 11.5. The van der Waals surface area contributed by atoms with Gasteiger partial charge in [-0.05, 0) is 60.5 Å². The van der Waals surface area contributed by atoms with Crippen molar-refractivity contribution >= 4 is 38.0 Å². The Balaban J connectivity index is 2.43. The molecule has 0 atom stereocenters. The van der Waals surface area contributed by atoms with Gasteiger partial charge in [-0.25, -0.2) is 4.79 Å². The van der Waals surface area contributed by atoms with Gasteiger partial charge in [0.05, 0.1) is 5.69 Å². The van der Waals surface area contributed by atoms with Gasteiger partial charge in [0, 0.05) is 15.1 Å². The number of nitrogens with zero attached hydrogens (tertiary/aromatic N) is 1. The second-order valence-electron chi connectivity index (χ2n) is 5.40. The Hall–Kier alpha value is -1.07. The molecule has 1 aromatic heterocycles. The maximum absolute atomic E-state index is 12.3. The summed E-state index contributed by atoms with van der Waals surface area (Å²) < 4.78 is 8.72. The molecule has 0 fully saturated rings. The number of benzene rings is 1. The number of hydrogen-bond acceptors (Lipinski definition) is 2. The average molecular weight is 401 g/mol. The predicted molar refractivity (Wildman–Crippen MR) is 86.9 cm³/mol. The summed E-state index contributed by atoms with van der Waals surface area (Å²) in [6.07, 6.45) is 1.32. The first-order valence-corrected chi connectivity index (χ1v) is 7.72. The first kappa shape index (κ1) is 15.3. The fraction of sp³-hybridized carbons (Fsp3) is 0.267. The maximum Gasteiger partial charge on any atom is 0.419 e. The Bertz CT molecular complexity index is 642. The van der Waals surface area contributed by atoms with Gasteiger partial charge in [0.2, 0.25) is 0 Å². The van der Waals surface area contributed by atoms with Crippen LogP contribution in [0.5, 0.6) is 0 Å². The first-order chi connectivity index (χ1) is 9.26. The monoisotopic (exact) mass is 399 g/mol. The Labute approximate surface area is 135 Å². The van der Waals surface area contributed by atoms with Crippen LogP contribution in [0.25, 0.3) is 11.3 Å². The molecule has 5 heteroatoms. The number of aromatic nitrogens is 1. The topological polar surface area (TPSA) is 31.2 Å². The highest BCUT2D eigenvalue weighted by Crippen LogP contribution is 2.28. The SMILES string of the molecule is CC(C)(C)OC(=O)n1cc(Br)cc1-c1cccc(Br)c1.